The van der Waals surface area contributed by atoms with Gasteiger partial charge in [0.05, 0.1) is 6.26 Å². The molecule has 0 radical (unpaired) electrons. The highest BCUT2D eigenvalue weighted by molar-refractivity contribution is 6.03. The molecule has 7 heteroatoms. The highest BCUT2D eigenvalue weighted by atomic mass is 16.5. The van der Waals surface area contributed by atoms with Crippen LogP contribution in [0.3, 0.4) is 0 Å². The van der Waals surface area contributed by atoms with E-state index in [1.807, 2.05) is 30.0 Å². The molecule has 0 bridgehead atoms. The first-order valence-corrected chi connectivity index (χ1v) is 8.85. The van der Waals surface area contributed by atoms with Gasteiger partial charge in [0.2, 0.25) is 11.7 Å². The van der Waals surface area contributed by atoms with E-state index in [1.54, 1.807) is 12.1 Å². The number of anilines is 1. The van der Waals surface area contributed by atoms with Crippen molar-refractivity contribution in [2.24, 2.45) is 0 Å². The summed E-state index contributed by atoms with van der Waals surface area (Å²) in [7, 11) is 0. The third-order valence-corrected chi connectivity index (χ3v) is 4.64. The Balaban J connectivity index is 1.48. The SMILES string of the molecule is CCC(=O)N1CCc2ccc(NC(=O)c3cc(-c4ccco4)on3)cc2C1. The zero-order chi connectivity index (χ0) is 18.8. The van der Waals surface area contributed by atoms with Crippen molar-refractivity contribution in [1.29, 1.82) is 0 Å². The van der Waals surface area contributed by atoms with Crippen LogP contribution in [-0.4, -0.2) is 28.4 Å². The van der Waals surface area contributed by atoms with Gasteiger partial charge in [0, 0.05) is 31.3 Å². The number of carbonyl (C=O) groups excluding carboxylic acids is 2. The van der Waals surface area contributed by atoms with Crippen molar-refractivity contribution in [3.8, 4) is 11.5 Å². The molecule has 1 N–H and O–H groups in total. The molecule has 3 aromatic rings. The molecule has 0 atom stereocenters. The molecule has 0 saturated heterocycles. The van der Waals surface area contributed by atoms with Gasteiger partial charge in [-0.05, 0) is 41.8 Å². The topological polar surface area (TPSA) is 88.6 Å². The van der Waals surface area contributed by atoms with Gasteiger partial charge in [-0.25, -0.2) is 0 Å². The van der Waals surface area contributed by atoms with Crippen molar-refractivity contribution in [3.63, 3.8) is 0 Å². The number of fused-ring (bicyclic) bond motifs is 1. The molecule has 0 fully saturated rings. The molecule has 138 valence electrons. The first-order valence-electron chi connectivity index (χ1n) is 8.85. The second-order valence-electron chi connectivity index (χ2n) is 6.41. The molecule has 4 rings (SSSR count). The number of nitrogens with zero attached hydrogens (tertiary/aromatic N) is 2. The normalized spacial score (nSPS) is 13.3. The van der Waals surface area contributed by atoms with E-state index in [4.69, 9.17) is 8.94 Å². The zero-order valence-electron chi connectivity index (χ0n) is 14.9. The minimum atomic E-state index is -0.367. The van der Waals surface area contributed by atoms with Gasteiger partial charge in [0.1, 0.15) is 0 Å². The van der Waals surface area contributed by atoms with E-state index in [0.29, 0.717) is 30.2 Å². The molecule has 0 saturated carbocycles. The number of benzene rings is 1. The van der Waals surface area contributed by atoms with Crippen molar-refractivity contribution in [2.75, 3.05) is 11.9 Å². The first-order chi connectivity index (χ1) is 13.1. The fourth-order valence-corrected chi connectivity index (χ4v) is 3.18. The molecule has 0 unspecified atom stereocenters. The number of hydrogen-bond acceptors (Lipinski definition) is 5. The van der Waals surface area contributed by atoms with Crippen molar-refractivity contribution in [1.82, 2.24) is 10.1 Å². The van der Waals surface area contributed by atoms with Crippen LogP contribution in [0.2, 0.25) is 0 Å². The van der Waals surface area contributed by atoms with E-state index in [0.717, 1.165) is 18.5 Å². The van der Waals surface area contributed by atoms with Gasteiger partial charge in [-0.1, -0.05) is 18.1 Å². The molecule has 1 aliphatic heterocycles. The first kappa shape index (κ1) is 17.1. The van der Waals surface area contributed by atoms with Gasteiger partial charge >= 0.3 is 0 Å². The highest BCUT2D eigenvalue weighted by Gasteiger charge is 2.21. The number of carbonyl (C=O) groups is 2. The fraction of sp³-hybridized carbons (Fsp3) is 0.250. The summed E-state index contributed by atoms with van der Waals surface area (Å²) < 4.78 is 10.4. The maximum Gasteiger partial charge on any atom is 0.277 e. The summed E-state index contributed by atoms with van der Waals surface area (Å²) in [6, 6.07) is 10.8. The van der Waals surface area contributed by atoms with Crippen LogP contribution in [0.1, 0.15) is 35.0 Å². The number of aromatic nitrogens is 1. The maximum absolute atomic E-state index is 12.5. The largest absolute Gasteiger partial charge is 0.461 e. The third kappa shape index (κ3) is 3.48. The molecular weight excluding hydrogens is 346 g/mol. The van der Waals surface area contributed by atoms with E-state index < -0.39 is 0 Å². The Morgan fingerprint density at radius 2 is 2.07 bits per heavy atom. The quantitative estimate of drug-likeness (QED) is 0.765. The predicted molar refractivity (Wildman–Crippen MR) is 98.0 cm³/mol. The summed E-state index contributed by atoms with van der Waals surface area (Å²) in [5.41, 5.74) is 3.08. The summed E-state index contributed by atoms with van der Waals surface area (Å²) in [6.45, 7) is 3.17. The zero-order valence-corrected chi connectivity index (χ0v) is 14.9. The second kappa shape index (κ2) is 7.11. The van der Waals surface area contributed by atoms with E-state index >= 15 is 0 Å². The molecule has 1 aromatic carbocycles. The lowest BCUT2D eigenvalue weighted by atomic mass is 9.99. The lowest BCUT2D eigenvalue weighted by molar-refractivity contribution is -0.131. The number of amides is 2. The second-order valence-corrected chi connectivity index (χ2v) is 6.41. The van der Waals surface area contributed by atoms with Crippen LogP contribution in [0.5, 0.6) is 0 Å². The average molecular weight is 365 g/mol. The summed E-state index contributed by atoms with van der Waals surface area (Å²) in [5.74, 6) is 0.678. The van der Waals surface area contributed by atoms with Gasteiger partial charge < -0.3 is 19.2 Å². The molecule has 1 aliphatic rings. The van der Waals surface area contributed by atoms with Gasteiger partial charge in [-0.3, -0.25) is 9.59 Å². The van der Waals surface area contributed by atoms with Gasteiger partial charge in [0.25, 0.3) is 5.91 Å². The van der Waals surface area contributed by atoms with Crippen LogP contribution in [0.25, 0.3) is 11.5 Å². The van der Waals surface area contributed by atoms with Gasteiger partial charge in [0.15, 0.2) is 11.5 Å². The van der Waals surface area contributed by atoms with E-state index in [2.05, 4.69) is 10.5 Å². The van der Waals surface area contributed by atoms with Crippen LogP contribution >= 0.6 is 0 Å². The van der Waals surface area contributed by atoms with Crippen LogP contribution in [0.15, 0.2) is 51.6 Å². The number of hydrogen-bond donors (Lipinski definition) is 1. The summed E-state index contributed by atoms with van der Waals surface area (Å²) in [4.78, 5) is 26.3. The summed E-state index contributed by atoms with van der Waals surface area (Å²) in [6.07, 6.45) is 2.85. The number of nitrogens with one attached hydrogen (secondary N) is 1. The fourth-order valence-electron chi connectivity index (χ4n) is 3.18. The molecule has 7 nitrogen and oxygen atoms in total. The highest BCUT2D eigenvalue weighted by Crippen LogP contribution is 2.24. The Morgan fingerprint density at radius 1 is 1.19 bits per heavy atom. The van der Waals surface area contributed by atoms with Gasteiger partial charge in [-0.2, -0.15) is 0 Å². The molecule has 3 heterocycles. The predicted octanol–water partition coefficient (Wildman–Crippen LogP) is 3.48. The lowest BCUT2D eigenvalue weighted by Gasteiger charge is -2.29. The molecule has 0 aliphatic carbocycles. The Hall–Kier alpha value is -3.35. The molecular formula is C20H19N3O4. The maximum atomic E-state index is 12.5. The van der Waals surface area contributed by atoms with Crippen molar-refractivity contribution >= 4 is 17.5 Å². The number of furan rings is 1. The van der Waals surface area contributed by atoms with E-state index in [-0.39, 0.29) is 17.5 Å². The van der Waals surface area contributed by atoms with E-state index in [9.17, 15) is 9.59 Å². The molecule has 27 heavy (non-hydrogen) atoms. The van der Waals surface area contributed by atoms with Crippen molar-refractivity contribution in [3.05, 3.63) is 59.5 Å². The summed E-state index contributed by atoms with van der Waals surface area (Å²) >= 11 is 0. The minimum absolute atomic E-state index is 0.142. The van der Waals surface area contributed by atoms with Gasteiger partial charge in [-0.15, -0.1) is 0 Å². The Kier molecular flexibility index (Phi) is 4.50. The average Bonchev–Trinajstić information content (AvgIpc) is 3.38. The standard InChI is InChI=1S/C20H19N3O4/c1-2-19(24)23-8-7-13-5-6-15(10-14(13)12-23)21-20(25)16-11-18(27-22-16)17-4-3-9-26-17/h3-6,9-11H,2,7-8,12H2,1H3,(H,21,25). The van der Waals surface area contributed by atoms with Crippen LogP contribution in [-0.2, 0) is 17.8 Å². The smallest absolute Gasteiger partial charge is 0.277 e. The molecule has 2 amide bonds. The Morgan fingerprint density at radius 3 is 2.85 bits per heavy atom. The summed E-state index contributed by atoms with van der Waals surface area (Å²) in [5, 5.41) is 6.63. The van der Waals surface area contributed by atoms with Crippen LogP contribution < -0.4 is 5.32 Å². The van der Waals surface area contributed by atoms with E-state index in [1.165, 1.54) is 17.9 Å². The number of rotatable bonds is 4. The molecule has 0 spiro atoms. The van der Waals surface area contributed by atoms with Crippen molar-refractivity contribution < 1.29 is 18.5 Å². The van der Waals surface area contributed by atoms with Crippen molar-refractivity contribution in [2.45, 2.75) is 26.3 Å². The van der Waals surface area contributed by atoms with Crippen LogP contribution in [0.4, 0.5) is 5.69 Å². The molecule has 2 aromatic heterocycles. The Labute approximate surface area is 155 Å². The third-order valence-electron chi connectivity index (χ3n) is 4.64. The monoisotopic (exact) mass is 365 g/mol. The Bertz CT molecular complexity index is 975. The van der Waals surface area contributed by atoms with Crippen LogP contribution in [0, 0.1) is 0 Å². The lowest BCUT2D eigenvalue weighted by Crippen LogP contribution is -2.35. The minimum Gasteiger partial charge on any atom is -0.461 e.